The molecule has 0 saturated carbocycles. The second-order valence-corrected chi connectivity index (χ2v) is 8.08. The van der Waals surface area contributed by atoms with Crippen LogP contribution in [0.5, 0.6) is 0 Å². The quantitative estimate of drug-likeness (QED) is 0.589. The van der Waals surface area contributed by atoms with Gasteiger partial charge in [-0.1, -0.05) is 43.7 Å². The van der Waals surface area contributed by atoms with Crippen molar-refractivity contribution in [2.45, 2.75) is 46.5 Å². The highest BCUT2D eigenvalue weighted by atomic mass is 16.5. The molecular weight excluding hydrogens is 382 g/mol. The summed E-state index contributed by atoms with van der Waals surface area (Å²) in [5.41, 5.74) is 4.22. The molecule has 1 aromatic rings. The van der Waals surface area contributed by atoms with Crippen LogP contribution in [0.25, 0.3) is 0 Å². The molecule has 0 bridgehead atoms. The zero-order valence-corrected chi connectivity index (χ0v) is 18.2. The van der Waals surface area contributed by atoms with Crippen LogP contribution in [-0.4, -0.2) is 31.4 Å². The van der Waals surface area contributed by atoms with E-state index in [1.807, 2.05) is 52.0 Å². The van der Waals surface area contributed by atoms with Gasteiger partial charge in [-0.05, 0) is 38.2 Å². The van der Waals surface area contributed by atoms with E-state index >= 15 is 0 Å². The van der Waals surface area contributed by atoms with Crippen molar-refractivity contribution in [3.05, 3.63) is 57.9 Å². The van der Waals surface area contributed by atoms with Crippen LogP contribution in [0.15, 0.2) is 46.8 Å². The molecule has 1 N–H and O–H groups in total. The molecule has 1 heterocycles. The smallest absolute Gasteiger partial charge is 0.336 e. The second-order valence-electron chi connectivity index (χ2n) is 8.08. The molecule has 0 amide bonds. The summed E-state index contributed by atoms with van der Waals surface area (Å²) in [5, 5.41) is 3.26. The van der Waals surface area contributed by atoms with E-state index in [4.69, 9.17) is 9.47 Å². The number of hydrogen-bond donors (Lipinski definition) is 1. The van der Waals surface area contributed by atoms with E-state index in [1.165, 1.54) is 7.11 Å². The molecule has 1 aliphatic carbocycles. The third-order valence-corrected chi connectivity index (χ3v) is 5.81. The summed E-state index contributed by atoms with van der Waals surface area (Å²) >= 11 is 0. The fraction of sp³-hybridized carbons (Fsp3) is 0.458. The van der Waals surface area contributed by atoms with Crippen molar-refractivity contribution in [2.24, 2.45) is 11.8 Å². The van der Waals surface area contributed by atoms with Gasteiger partial charge in [0.25, 0.3) is 0 Å². The molecule has 6 heteroatoms. The summed E-state index contributed by atoms with van der Waals surface area (Å²) in [6, 6.07) is 7.76. The summed E-state index contributed by atoms with van der Waals surface area (Å²) in [5.74, 6) is -2.94. The average molecular weight is 411 g/mol. The van der Waals surface area contributed by atoms with Gasteiger partial charge < -0.3 is 14.8 Å². The maximum Gasteiger partial charge on any atom is 0.336 e. The number of rotatable bonds is 5. The molecule has 2 aliphatic rings. The first-order chi connectivity index (χ1) is 14.3. The number of carbonyl (C=O) groups is 3. The predicted octanol–water partition coefficient (Wildman–Crippen LogP) is 3.56. The number of hydrogen-bond acceptors (Lipinski definition) is 6. The van der Waals surface area contributed by atoms with Gasteiger partial charge in [-0.3, -0.25) is 9.59 Å². The van der Waals surface area contributed by atoms with Crippen molar-refractivity contribution in [3.8, 4) is 0 Å². The van der Waals surface area contributed by atoms with Gasteiger partial charge >= 0.3 is 11.9 Å². The number of Topliss-reactive ketones (excluding diaryl/α,β-unsaturated/α-hetero) is 1. The lowest BCUT2D eigenvalue weighted by atomic mass is 9.69. The van der Waals surface area contributed by atoms with E-state index in [-0.39, 0.29) is 11.7 Å². The first-order valence-electron chi connectivity index (χ1n) is 10.4. The van der Waals surface area contributed by atoms with Crippen LogP contribution >= 0.6 is 0 Å². The van der Waals surface area contributed by atoms with E-state index < -0.39 is 23.8 Å². The lowest BCUT2D eigenvalue weighted by molar-refractivity contribution is -0.151. The third kappa shape index (κ3) is 3.91. The highest BCUT2D eigenvalue weighted by Gasteiger charge is 2.47. The number of nitrogens with one attached hydrogen (secondary N) is 1. The molecule has 1 aliphatic heterocycles. The molecule has 0 fully saturated rings. The second kappa shape index (κ2) is 8.86. The number of carbonyl (C=O) groups excluding carboxylic acids is 3. The van der Waals surface area contributed by atoms with Gasteiger partial charge in [0.05, 0.1) is 19.3 Å². The lowest BCUT2D eigenvalue weighted by Crippen LogP contribution is -2.43. The van der Waals surface area contributed by atoms with Gasteiger partial charge in [0, 0.05) is 22.9 Å². The summed E-state index contributed by atoms with van der Waals surface area (Å²) in [6.07, 6.45) is 1.23. The molecule has 0 unspecified atom stereocenters. The van der Waals surface area contributed by atoms with Crippen LogP contribution in [0.2, 0.25) is 0 Å². The zero-order valence-electron chi connectivity index (χ0n) is 18.2. The Bertz CT molecular complexity index is 925. The van der Waals surface area contributed by atoms with Gasteiger partial charge in [0.15, 0.2) is 5.78 Å². The van der Waals surface area contributed by atoms with E-state index in [2.05, 4.69) is 5.32 Å². The molecule has 6 nitrogen and oxygen atoms in total. The number of benzene rings is 1. The van der Waals surface area contributed by atoms with Crippen LogP contribution < -0.4 is 5.32 Å². The summed E-state index contributed by atoms with van der Waals surface area (Å²) in [6.45, 7) is 7.91. The standard InChI is InChI=1S/C24H29NO5/c1-6-11-30-24(28)19-15(4)25-17-12-14(3)18(23(27)29-5)22(26)21(17)20(19)16-9-7-13(2)8-10-16/h7-10,14,18,20,25H,6,11-12H2,1-5H3/t14-,18+,20+/m0/s1. The Morgan fingerprint density at radius 1 is 1.17 bits per heavy atom. The molecule has 160 valence electrons. The largest absolute Gasteiger partial charge is 0.468 e. The highest BCUT2D eigenvalue weighted by molar-refractivity contribution is 6.12. The van der Waals surface area contributed by atoms with Crippen LogP contribution in [-0.2, 0) is 23.9 Å². The molecule has 1 aromatic carbocycles. The number of ether oxygens (including phenoxy) is 2. The summed E-state index contributed by atoms with van der Waals surface area (Å²) < 4.78 is 10.4. The Morgan fingerprint density at radius 2 is 1.83 bits per heavy atom. The van der Waals surface area contributed by atoms with Gasteiger partial charge in [-0.25, -0.2) is 4.79 Å². The fourth-order valence-corrected chi connectivity index (χ4v) is 4.32. The molecule has 3 atom stereocenters. The first-order valence-corrected chi connectivity index (χ1v) is 10.4. The number of dihydropyridines is 1. The van der Waals surface area contributed by atoms with Gasteiger partial charge in [-0.2, -0.15) is 0 Å². The topological polar surface area (TPSA) is 81.7 Å². The van der Waals surface area contributed by atoms with Gasteiger partial charge in [-0.15, -0.1) is 0 Å². The minimum atomic E-state index is -0.880. The van der Waals surface area contributed by atoms with Crippen molar-refractivity contribution in [3.63, 3.8) is 0 Å². The molecular formula is C24H29NO5. The van der Waals surface area contributed by atoms with E-state index in [0.29, 0.717) is 36.3 Å². The van der Waals surface area contributed by atoms with Gasteiger partial charge in [0.1, 0.15) is 5.92 Å². The Hall–Kier alpha value is -2.89. The zero-order chi connectivity index (χ0) is 22.0. The van der Waals surface area contributed by atoms with Crippen LogP contribution in [0.1, 0.15) is 50.7 Å². The van der Waals surface area contributed by atoms with Crippen molar-refractivity contribution in [1.29, 1.82) is 0 Å². The average Bonchev–Trinajstić information content (AvgIpc) is 2.71. The van der Waals surface area contributed by atoms with E-state index in [0.717, 1.165) is 16.8 Å². The minimum Gasteiger partial charge on any atom is -0.468 e. The number of ketones is 1. The fourth-order valence-electron chi connectivity index (χ4n) is 4.32. The van der Waals surface area contributed by atoms with E-state index in [1.54, 1.807) is 0 Å². The summed E-state index contributed by atoms with van der Waals surface area (Å²) in [7, 11) is 1.29. The lowest BCUT2D eigenvalue weighted by Gasteiger charge is -2.38. The monoisotopic (exact) mass is 411 g/mol. The van der Waals surface area contributed by atoms with Crippen molar-refractivity contribution in [2.75, 3.05) is 13.7 Å². The van der Waals surface area contributed by atoms with Crippen molar-refractivity contribution in [1.82, 2.24) is 5.32 Å². The molecule has 3 rings (SSSR count). The normalized spacial score (nSPS) is 23.6. The third-order valence-electron chi connectivity index (χ3n) is 5.81. The maximum absolute atomic E-state index is 13.5. The SMILES string of the molecule is CCCOC(=O)C1=C(C)NC2=C(C(=O)[C@H](C(=O)OC)[C@@H](C)C2)[C@@H]1c1ccc(C)cc1. The Labute approximate surface area is 177 Å². The molecule has 0 radical (unpaired) electrons. The molecule has 0 spiro atoms. The predicted molar refractivity (Wildman–Crippen MR) is 112 cm³/mol. The molecule has 0 saturated heterocycles. The number of esters is 2. The van der Waals surface area contributed by atoms with Crippen molar-refractivity contribution >= 4 is 17.7 Å². The van der Waals surface area contributed by atoms with Crippen LogP contribution in [0.4, 0.5) is 0 Å². The first kappa shape index (κ1) is 21.8. The van der Waals surface area contributed by atoms with Crippen molar-refractivity contribution < 1.29 is 23.9 Å². The minimum absolute atomic E-state index is 0.198. The molecule has 0 aromatic heterocycles. The number of aryl methyl sites for hydroxylation is 1. The summed E-state index contributed by atoms with van der Waals surface area (Å²) in [4.78, 5) is 38.9. The Morgan fingerprint density at radius 3 is 2.43 bits per heavy atom. The van der Waals surface area contributed by atoms with Crippen LogP contribution in [0.3, 0.4) is 0 Å². The Kier molecular flexibility index (Phi) is 6.44. The van der Waals surface area contributed by atoms with Crippen LogP contribution in [0, 0.1) is 18.8 Å². The Balaban J connectivity index is 2.15. The number of methoxy groups -OCH3 is 1. The van der Waals surface area contributed by atoms with E-state index in [9.17, 15) is 14.4 Å². The maximum atomic E-state index is 13.5. The number of allylic oxidation sites excluding steroid dienone is 3. The van der Waals surface area contributed by atoms with Gasteiger partial charge in [0.2, 0.25) is 0 Å². The molecule has 30 heavy (non-hydrogen) atoms. The highest BCUT2D eigenvalue weighted by Crippen LogP contribution is 2.45.